The highest BCUT2D eigenvalue weighted by Crippen LogP contribution is 2.61. The predicted molar refractivity (Wildman–Crippen MR) is 114 cm³/mol. The van der Waals surface area contributed by atoms with Crippen molar-refractivity contribution in [1.29, 1.82) is 0 Å². The van der Waals surface area contributed by atoms with Gasteiger partial charge in [0.05, 0.1) is 0 Å². The summed E-state index contributed by atoms with van der Waals surface area (Å²) in [6, 6.07) is 4.49. The quantitative estimate of drug-likeness (QED) is 0.374. The summed E-state index contributed by atoms with van der Waals surface area (Å²) in [5.41, 5.74) is -3.51. The molecular weight excluding hydrogens is 441 g/mol. The molecule has 0 bridgehead atoms. The maximum atomic E-state index is 12.7. The van der Waals surface area contributed by atoms with Gasteiger partial charge in [0, 0.05) is 11.0 Å². The Bertz CT molecular complexity index is 1120. The minimum absolute atomic E-state index is 0.0409. The Morgan fingerprint density at radius 3 is 2.59 bits per heavy atom. The summed E-state index contributed by atoms with van der Waals surface area (Å²) >= 11 is 0. The van der Waals surface area contributed by atoms with Crippen molar-refractivity contribution >= 4 is 10.1 Å². The molecule has 8 heteroatoms. The second-order valence-corrected chi connectivity index (χ2v) is 11.4. The van der Waals surface area contributed by atoms with E-state index < -0.39 is 21.2 Å². The van der Waals surface area contributed by atoms with Crippen LogP contribution in [0.1, 0.15) is 63.5 Å². The molecule has 0 aliphatic heterocycles. The molecular formula is C24H27F3O4S. The van der Waals surface area contributed by atoms with Gasteiger partial charge in [-0.25, -0.2) is 0 Å². The van der Waals surface area contributed by atoms with Gasteiger partial charge in [-0.3, -0.25) is 0 Å². The van der Waals surface area contributed by atoms with E-state index in [0.717, 1.165) is 42.4 Å². The minimum atomic E-state index is -5.68. The molecule has 3 aliphatic rings. The number of hydrogen-bond acceptors (Lipinski definition) is 4. The fourth-order valence-electron chi connectivity index (χ4n) is 5.77. The third kappa shape index (κ3) is 4.06. The fraction of sp³-hybridized carbons (Fsp3) is 0.583. The molecule has 3 aliphatic carbocycles. The number of fused-ring (bicyclic) bond motifs is 5. The van der Waals surface area contributed by atoms with Crippen LogP contribution in [-0.2, 0) is 16.5 Å². The summed E-state index contributed by atoms with van der Waals surface area (Å²) in [5.74, 6) is 6.97. The van der Waals surface area contributed by atoms with E-state index in [-0.39, 0.29) is 17.1 Å². The molecule has 0 spiro atoms. The number of aliphatic hydroxyl groups is 1. The normalized spacial score (nSPS) is 29.7. The van der Waals surface area contributed by atoms with E-state index >= 15 is 0 Å². The summed E-state index contributed by atoms with van der Waals surface area (Å²) < 4.78 is 65.0. The molecule has 0 heterocycles. The highest BCUT2D eigenvalue weighted by atomic mass is 32.2. The maximum absolute atomic E-state index is 12.7. The lowest BCUT2D eigenvalue weighted by Gasteiger charge is -2.49. The first kappa shape index (κ1) is 23.2. The molecule has 1 aromatic carbocycles. The standard InChI is InChI=1S/C24H27F3O4S/c1-22(2,28)12-10-16-5-9-21-20-7-4-15-14-17(31-32(29,30)24(25,26)27)6-8-18(15)19(20)11-13-23(16,21)3/h5-6,8,14,19-21,28H,4,7,9,11,13H2,1-3H3/t19-,20-,21+,23-/m1/s1. The second kappa shape index (κ2) is 7.53. The van der Waals surface area contributed by atoms with E-state index in [4.69, 9.17) is 0 Å². The highest BCUT2D eigenvalue weighted by Gasteiger charge is 2.52. The van der Waals surface area contributed by atoms with Gasteiger partial charge in [0.2, 0.25) is 0 Å². The van der Waals surface area contributed by atoms with Crippen molar-refractivity contribution in [3.8, 4) is 17.6 Å². The third-order valence-corrected chi connectivity index (χ3v) is 8.25. The maximum Gasteiger partial charge on any atom is 0.534 e. The zero-order valence-corrected chi connectivity index (χ0v) is 19.1. The van der Waals surface area contributed by atoms with E-state index in [1.807, 2.05) is 0 Å². The van der Waals surface area contributed by atoms with Gasteiger partial charge in [-0.05, 0) is 87.0 Å². The molecule has 32 heavy (non-hydrogen) atoms. The lowest BCUT2D eigenvalue weighted by atomic mass is 9.54. The molecule has 4 nitrogen and oxygen atoms in total. The molecule has 174 valence electrons. The Hall–Kier alpha value is -1.98. The molecule has 0 unspecified atom stereocenters. The highest BCUT2D eigenvalue weighted by molar-refractivity contribution is 7.88. The Morgan fingerprint density at radius 1 is 1.22 bits per heavy atom. The first-order chi connectivity index (χ1) is 14.7. The predicted octanol–water partition coefficient (Wildman–Crippen LogP) is 5.08. The minimum Gasteiger partial charge on any atom is -0.378 e. The van der Waals surface area contributed by atoms with Crippen LogP contribution in [0.2, 0.25) is 0 Å². The summed E-state index contributed by atoms with van der Waals surface area (Å²) in [4.78, 5) is 0. The molecule has 1 fully saturated rings. The number of hydrogen-bond donors (Lipinski definition) is 1. The second-order valence-electron chi connectivity index (χ2n) is 9.88. The van der Waals surface area contributed by atoms with Crippen LogP contribution < -0.4 is 4.18 Å². The molecule has 4 rings (SSSR count). The van der Waals surface area contributed by atoms with Crippen molar-refractivity contribution in [2.45, 2.75) is 69.9 Å². The first-order valence-electron chi connectivity index (χ1n) is 10.8. The monoisotopic (exact) mass is 468 g/mol. The zero-order chi connectivity index (χ0) is 23.5. The Balaban J connectivity index is 1.56. The largest absolute Gasteiger partial charge is 0.534 e. The van der Waals surface area contributed by atoms with Crippen molar-refractivity contribution in [3.05, 3.63) is 41.0 Å². The van der Waals surface area contributed by atoms with Gasteiger partial charge < -0.3 is 9.29 Å². The Kier molecular flexibility index (Phi) is 5.45. The van der Waals surface area contributed by atoms with Gasteiger partial charge >= 0.3 is 15.6 Å². The molecule has 0 aromatic heterocycles. The average Bonchev–Trinajstić information content (AvgIpc) is 3.00. The van der Waals surface area contributed by atoms with Crippen LogP contribution in [0.15, 0.2) is 29.8 Å². The molecule has 1 aromatic rings. The molecule has 0 saturated heterocycles. The van der Waals surface area contributed by atoms with Crippen LogP contribution >= 0.6 is 0 Å². The van der Waals surface area contributed by atoms with Crippen molar-refractivity contribution in [1.82, 2.24) is 0 Å². The van der Waals surface area contributed by atoms with Crippen LogP contribution in [0.25, 0.3) is 0 Å². The van der Waals surface area contributed by atoms with E-state index in [0.29, 0.717) is 18.3 Å². The fourth-order valence-corrected chi connectivity index (χ4v) is 6.22. The van der Waals surface area contributed by atoms with E-state index in [1.165, 1.54) is 12.1 Å². The molecule has 0 radical (unpaired) electrons. The van der Waals surface area contributed by atoms with E-state index in [9.17, 15) is 26.7 Å². The van der Waals surface area contributed by atoms with Crippen LogP contribution in [0, 0.1) is 29.1 Å². The first-order valence-corrected chi connectivity index (χ1v) is 12.2. The van der Waals surface area contributed by atoms with Gasteiger partial charge in [0.25, 0.3) is 0 Å². The van der Waals surface area contributed by atoms with Crippen LogP contribution in [0.4, 0.5) is 13.2 Å². The van der Waals surface area contributed by atoms with E-state index in [2.05, 4.69) is 29.0 Å². The lowest BCUT2D eigenvalue weighted by molar-refractivity contribution is -0.0500. The van der Waals surface area contributed by atoms with Gasteiger partial charge in [-0.1, -0.05) is 30.9 Å². The number of aryl methyl sites for hydroxylation is 1. The Labute approximate surface area is 187 Å². The molecule has 4 atom stereocenters. The van der Waals surface area contributed by atoms with Crippen molar-refractivity contribution < 1.29 is 30.9 Å². The lowest BCUT2D eigenvalue weighted by Crippen LogP contribution is -2.41. The van der Waals surface area contributed by atoms with Crippen molar-refractivity contribution in [2.75, 3.05) is 0 Å². The third-order valence-electron chi connectivity index (χ3n) is 7.27. The summed E-state index contributed by atoms with van der Waals surface area (Å²) in [6.45, 7) is 5.59. The van der Waals surface area contributed by atoms with Gasteiger partial charge in [-0.2, -0.15) is 21.6 Å². The van der Waals surface area contributed by atoms with Crippen LogP contribution in [0.5, 0.6) is 5.75 Å². The molecule has 1 N–H and O–H groups in total. The zero-order valence-electron chi connectivity index (χ0n) is 18.3. The molecule has 0 amide bonds. The number of halogens is 3. The Morgan fingerprint density at radius 2 is 1.94 bits per heavy atom. The average molecular weight is 469 g/mol. The van der Waals surface area contributed by atoms with Crippen molar-refractivity contribution in [2.24, 2.45) is 17.3 Å². The van der Waals surface area contributed by atoms with Crippen LogP contribution in [-0.4, -0.2) is 24.6 Å². The SMILES string of the molecule is CC(C)(O)C#CC1=CC[C@H]2[C@@H]3CCc4cc(OS(=O)(=O)C(F)(F)F)ccc4[C@H]3CC[C@]12C. The summed E-state index contributed by atoms with van der Waals surface area (Å²) in [5, 5.41) is 9.98. The van der Waals surface area contributed by atoms with Crippen molar-refractivity contribution in [3.63, 3.8) is 0 Å². The number of benzene rings is 1. The van der Waals surface area contributed by atoms with Gasteiger partial charge in [0.15, 0.2) is 0 Å². The number of allylic oxidation sites excluding steroid dienone is 2. The summed E-state index contributed by atoms with van der Waals surface area (Å²) in [7, 11) is -5.68. The summed E-state index contributed by atoms with van der Waals surface area (Å²) in [6.07, 6.45) is 6.53. The van der Waals surface area contributed by atoms with Gasteiger partial charge in [-0.15, -0.1) is 0 Å². The number of rotatable bonds is 2. The number of alkyl halides is 3. The van der Waals surface area contributed by atoms with E-state index in [1.54, 1.807) is 19.9 Å². The van der Waals surface area contributed by atoms with Crippen LogP contribution in [0.3, 0.4) is 0 Å². The van der Waals surface area contributed by atoms with Gasteiger partial charge in [0.1, 0.15) is 11.4 Å². The smallest absolute Gasteiger partial charge is 0.378 e. The molecule has 1 saturated carbocycles. The topological polar surface area (TPSA) is 63.6 Å².